The summed E-state index contributed by atoms with van der Waals surface area (Å²) in [5.74, 6) is 1.69. The molecule has 28 heavy (non-hydrogen) atoms. The Labute approximate surface area is 164 Å². The molecule has 0 saturated heterocycles. The van der Waals surface area contributed by atoms with Crippen molar-refractivity contribution >= 4 is 23.3 Å². The van der Waals surface area contributed by atoms with E-state index in [-0.39, 0.29) is 23.7 Å². The minimum atomic E-state index is -0.706. The Hall–Kier alpha value is -3.50. The molecule has 0 spiro atoms. The molecule has 0 fully saturated rings. The largest absolute Gasteiger partial charge is 0.497 e. The van der Waals surface area contributed by atoms with Crippen LogP contribution in [0.1, 0.15) is 28.4 Å². The van der Waals surface area contributed by atoms with E-state index >= 15 is 0 Å². The minimum Gasteiger partial charge on any atom is -0.497 e. The van der Waals surface area contributed by atoms with Gasteiger partial charge in [0.15, 0.2) is 12.4 Å². The van der Waals surface area contributed by atoms with Crippen molar-refractivity contribution in [2.24, 2.45) is 0 Å². The van der Waals surface area contributed by atoms with E-state index in [0.717, 1.165) is 11.1 Å². The zero-order valence-corrected chi connectivity index (χ0v) is 16.4. The first-order valence-electron chi connectivity index (χ1n) is 8.76. The van der Waals surface area contributed by atoms with Gasteiger partial charge in [-0.15, -0.1) is 0 Å². The molecule has 0 radical (unpaired) electrons. The predicted octanol–water partition coefficient (Wildman–Crippen LogP) is 3.06. The number of ether oxygens (including phenoxy) is 2. The summed E-state index contributed by atoms with van der Waals surface area (Å²) in [6, 6.07) is 8.66. The molecule has 0 saturated carbocycles. The van der Waals surface area contributed by atoms with Crippen molar-refractivity contribution in [2.75, 3.05) is 13.7 Å². The fourth-order valence-corrected chi connectivity index (χ4v) is 2.69. The van der Waals surface area contributed by atoms with Crippen LogP contribution in [0.15, 0.2) is 54.4 Å². The molecule has 0 aliphatic rings. The third kappa shape index (κ3) is 5.02. The van der Waals surface area contributed by atoms with Crippen LogP contribution >= 0.6 is 0 Å². The number of allylic oxidation sites excluding steroid dienone is 1. The van der Waals surface area contributed by atoms with Gasteiger partial charge in [0, 0.05) is 22.8 Å². The number of nitrogens with zero attached hydrogens (tertiary/aromatic N) is 1. The zero-order chi connectivity index (χ0) is 20.7. The summed E-state index contributed by atoms with van der Waals surface area (Å²) < 4.78 is 11.7. The van der Waals surface area contributed by atoms with Crippen molar-refractivity contribution < 1.29 is 23.6 Å². The van der Waals surface area contributed by atoms with Gasteiger partial charge in [-0.3, -0.25) is 10.2 Å². The number of nitrogens with one attached hydrogen (secondary N) is 1. The molecular formula is C22H23N2O4+. The lowest BCUT2D eigenvalue weighted by molar-refractivity contribution is -0.577. The third-order valence-corrected chi connectivity index (χ3v) is 3.91. The highest BCUT2D eigenvalue weighted by molar-refractivity contribution is 6.23. The van der Waals surface area contributed by atoms with E-state index in [2.05, 4.69) is 5.87 Å². The zero-order valence-electron chi connectivity index (χ0n) is 16.4. The molecule has 6 heteroatoms. The first-order valence-corrected chi connectivity index (χ1v) is 8.76. The van der Waals surface area contributed by atoms with Crippen LogP contribution in [-0.4, -0.2) is 31.3 Å². The van der Waals surface area contributed by atoms with E-state index in [1.54, 1.807) is 55.3 Å². The van der Waals surface area contributed by atoms with Crippen LogP contribution in [0.25, 0.3) is 5.70 Å². The van der Waals surface area contributed by atoms with Gasteiger partial charge < -0.3 is 9.47 Å². The van der Waals surface area contributed by atoms with E-state index in [0.29, 0.717) is 11.3 Å². The van der Waals surface area contributed by atoms with Crippen LogP contribution in [0.4, 0.5) is 0 Å². The Bertz CT molecular complexity index is 948. The maximum Gasteiger partial charge on any atom is 0.347 e. The highest BCUT2D eigenvalue weighted by Gasteiger charge is 2.25. The fourth-order valence-electron chi connectivity index (χ4n) is 2.69. The lowest BCUT2D eigenvalue weighted by atomic mass is 10.1. The number of pyridine rings is 1. The van der Waals surface area contributed by atoms with Crippen LogP contribution in [0.2, 0.25) is 0 Å². The number of carbonyl (C=O) groups excluding carboxylic acids is 2. The molecule has 1 heterocycles. The maximum atomic E-state index is 13.2. The molecule has 2 rings (SSSR count). The first-order chi connectivity index (χ1) is 13.4. The van der Waals surface area contributed by atoms with Gasteiger partial charge in [0.1, 0.15) is 11.3 Å². The molecule has 1 aromatic heterocycles. The number of benzene rings is 1. The van der Waals surface area contributed by atoms with E-state index in [1.807, 2.05) is 19.9 Å². The van der Waals surface area contributed by atoms with E-state index in [4.69, 9.17) is 14.9 Å². The smallest absolute Gasteiger partial charge is 0.347 e. The summed E-state index contributed by atoms with van der Waals surface area (Å²) in [5, 5.41) is 7.44. The number of aromatic nitrogens is 1. The first kappa shape index (κ1) is 20.8. The number of Topliss-reactive ketones (excluding diaryl/α,β-unsaturated/α-hetero) is 1. The van der Waals surface area contributed by atoms with Gasteiger partial charge in [-0.2, -0.15) is 4.57 Å². The van der Waals surface area contributed by atoms with Crippen LogP contribution in [0, 0.1) is 19.3 Å². The number of hydrogen-bond acceptors (Lipinski definition) is 5. The van der Waals surface area contributed by atoms with Crippen LogP contribution in [0.5, 0.6) is 5.75 Å². The van der Waals surface area contributed by atoms with Gasteiger partial charge in [-0.1, -0.05) is 0 Å². The molecule has 0 bridgehead atoms. The van der Waals surface area contributed by atoms with Crippen LogP contribution in [-0.2, 0) is 9.53 Å². The lowest BCUT2D eigenvalue weighted by Gasteiger charge is -2.06. The molecule has 0 atom stereocenters. The van der Waals surface area contributed by atoms with Crippen molar-refractivity contribution in [1.29, 1.82) is 5.41 Å². The third-order valence-electron chi connectivity index (χ3n) is 3.91. The number of ketones is 1. The van der Waals surface area contributed by atoms with Crippen molar-refractivity contribution in [3.8, 4) is 5.75 Å². The quantitative estimate of drug-likeness (QED) is 0.200. The molecule has 2 aromatic rings. The van der Waals surface area contributed by atoms with Crippen LogP contribution < -0.4 is 9.30 Å². The number of rotatable bonds is 7. The summed E-state index contributed by atoms with van der Waals surface area (Å²) in [6.07, 6.45) is 4.90. The molecule has 0 amide bonds. The van der Waals surface area contributed by atoms with Crippen molar-refractivity contribution in [3.05, 3.63) is 71.1 Å². The molecule has 144 valence electrons. The lowest BCUT2D eigenvalue weighted by Crippen LogP contribution is -2.37. The number of carbonyl (C=O) groups is 2. The topological polar surface area (TPSA) is 80.3 Å². The van der Waals surface area contributed by atoms with E-state index in [1.165, 1.54) is 6.08 Å². The number of esters is 1. The average molecular weight is 379 g/mol. The second kappa shape index (κ2) is 9.44. The molecule has 0 aliphatic carbocycles. The summed E-state index contributed by atoms with van der Waals surface area (Å²) in [4.78, 5) is 25.3. The number of hydrogen-bond donors (Lipinski definition) is 1. The Morgan fingerprint density at radius 2 is 1.75 bits per heavy atom. The molecule has 1 N–H and O–H groups in total. The molecule has 1 aromatic carbocycles. The Morgan fingerprint density at radius 3 is 2.25 bits per heavy atom. The van der Waals surface area contributed by atoms with Crippen molar-refractivity contribution in [2.45, 2.75) is 20.8 Å². The van der Waals surface area contributed by atoms with Gasteiger partial charge in [-0.05, 0) is 57.0 Å². The monoisotopic (exact) mass is 379 g/mol. The van der Waals surface area contributed by atoms with Gasteiger partial charge in [0.25, 0.3) is 11.5 Å². The highest BCUT2D eigenvalue weighted by Crippen LogP contribution is 2.16. The highest BCUT2D eigenvalue weighted by atomic mass is 16.5. The summed E-state index contributed by atoms with van der Waals surface area (Å²) in [7, 11) is 1.55. The van der Waals surface area contributed by atoms with Gasteiger partial charge in [0.05, 0.1) is 13.7 Å². The number of methoxy groups -OCH3 is 1. The standard InChI is InChI=1S/C22H23N2O4/c1-5-28-22(26)18(12-23)11-20(24-13-15(2)10-16(3)14-24)21(25)17-6-8-19(27-4)9-7-17/h6-11,13-14,23H,5H2,1-4H3/q+1/b20-11-. The minimum absolute atomic E-state index is 0.134. The summed E-state index contributed by atoms with van der Waals surface area (Å²) in [5.41, 5.74) is 2.40. The predicted molar refractivity (Wildman–Crippen MR) is 106 cm³/mol. The second-order valence-corrected chi connectivity index (χ2v) is 6.14. The summed E-state index contributed by atoms with van der Waals surface area (Å²) in [6.45, 7) is 5.66. The molecule has 6 nitrogen and oxygen atoms in total. The second-order valence-electron chi connectivity index (χ2n) is 6.14. The summed E-state index contributed by atoms with van der Waals surface area (Å²) >= 11 is 0. The Kier molecular flexibility index (Phi) is 7.02. The SMILES string of the molecule is CCOC(=O)C(=C=N)/C=C(/C(=O)c1ccc(OC)cc1)[n+]1cc(C)cc(C)c1. The van der Waals surface area contributed by atoms with E-state index < -0.39 is 5.97 Å². The van der Waals surface area contributed by atoms with Crippen molar-refractivity contribution in [3.63, 3.8) is 0 Å². The van der Waals surface area contributed by atoms with Crippen LogP contribution in [0.3, 0.4) is 0 Å². The molecule has 0 unspecified atom stereocenters. The normalized spacial score (nSPS) is 10.8. The maximum absolute atomic E-state index is 13.2. The van der Waals surface area contributed by atoms with E-state index in [9.17, 15) is 9.59 Å². The molecular weight excluding hydrogens is 356 g/mol. The average Bonchev–Trinajstić information content (AvgIpc) is 2.67. The molecule has 0 aliphatic heterocycles. The van der Waals surface area contributed by atoms with Gasteiger partial charge in [0.2, 0.25) is 0 Å². The Morgan fingerprint density at radius 1 is 1.14 bits per heavy atom. The Balaban J connectivity index is 2.60. The number of aryl methyl sites for hydroxylation is 2. The fraction of sp³-hybridized carbons (Fsp3) is 0.227. The van der Waals surface area contributed by atoms with Gasteiger partial charge >= 0.3 is 5.97 Å². The van der Waals surface area contributed by atoms with Crippen molar-refractivity contribution in [1.82, 2.24) is 0 Å². The van der Waals surface area contributed by atoms with Gasteiger partial charge in [-0.25, -0.2) is 4.79 Å².